The lowest BCUT2D eigenvalue weighted by molar-refractivity contribution is 0.333. The van der Waals surface area contributed by atoms with Gasteiger partial charge in [-0.05, 0) is 104 Å². The van der Waals surface area contributed by atoms with Gasteiger partial charge in [-0.15, -0.1) is 0 Å². The first-order chi connectivity index (χ1) is 40.9. The first-order valence-corrected chi connectivity index (χ1v) is 27.1. The van der Waals surface area contributed by atoms with Crippen LogP contribution in [0.4, 0.5) is 0 Å². The number of aryl methyl sites for hydroxylation is 4. The molecular weight excluding hydrogens is 1220 g/mol. The molecule has 0 radical (unpaired) electrons. The molecule has 3 aromatic carbocycles. The molecule has 0 fully saturated rings. The molecule has 0 saturated heterocycles. The summed E-state index contributed by atoms with van der Waals surface area (Å²) in [5.41, 5.74) is 6.25. The molecule has 0 aliphatic carbocycles. The molecule has 23 nitrogen and oxygen atoms in total. The SMILES string of the molecule is COc1c(C)nn(C)c1OC.COc1cc(C)nc(Cl)n1.COc1cc(Cl)nc(Cl)n1.COc1ccc2ccccc2n1.COc1ccnc(Cl)n1.COc1cnc2ccccc2n1.COc1nc(Cl)ncc1C.COc1nc2ccccc2s1. The van der Waals surface area contributed by atoms with Crippen LogP contribution < -0.4 is 42.6 Å². The fourth-order valence-electron chi connectivity index (χ4n) is 6.35. The van der Waals surface area contributed by atoms with E-state index in [4.69, 9.17) is 101 Å². The summed E-state index contributed by atoms with van der Waals surface area (Å²) in [6.07, 6.45) is 4.77. The zero-order chi connectivity index (χ0) is 62.3. The second-order valence-corrected chi connectivity index (χ2v) is 18.6. The van der Waals surface area contributed by atoms with Crippen molar-refractivity contribution in [2.75, 3.05) is 64.0 Å². The Morgan fingerprint density at radius 1 is 0.424 bits per heavy atom. The minimum absolute atomic E-state index is 0.0874. The minimum Gasteiger partial charge on any atom is -0.490 e. The van der Waals surface area contributed by atoms with Crippen molar-refractivity contribution in [2.24, 2.45) is 7.05 Å². The van der Waals surface area contributed by atoms with Gasteiger partial charge in [-0.25, -0.2) is 44.6 Å². The molecule has 0 aliphatic rings. The van der Waals surface area contributed by atoms with Gasteiger partial charge in [0.15, 0.2) is 0 Å². The topological polar surface area (TPSA) is 256 Å². The number of pyridine rings is 1. The number of ether oxygens (including phenoxy) is 9. The highest BCUT2D eigenvalue weighted by Crippen LogP contribution is 2.29. The van der Waals surface area contributed by atoms with E-state index >= 15 is 0 Å². The number of fused-ring (bicyclic) bond motifs is 3. The van der Waals surface area contributed by atoms with E-state index in [1.165, 1.54) is 38.3 Å². The van der Waals surface area contributed by atoms with Gasteiger partial charge in [-0.1, -0.05) is 65.4 Å². The van der Waals surface area contributed by atoms with Gasteiger partial charge in [0, 0.05) is 60.4 Å². The van der Waals surface area contributed by atoms with E-state index in [1.54, 1.807) is 83.2 Å². The first-order valence-electron chi connectivity index (χ1n) is 24.4. The highest BCUT2D eigenvalue weighted by atomic mass is 35.5. The number of para-hydroxylation sites is 4. The molecule has 0 unspecified atom stereocenters. The van der Waals surface area contributed by atoms with E-state index in [2.05, 4.69) is 64.9 Å². The van der Waals surface area contributed by atoms with Gasteiger partial charge in [0.2, 0.25) is 62.2 Å². The van der Waals surface area contributed by atoms with Crippen molar-refractivity contribution >= 4 is 101 Å². The number of hydrogen-bond donors (Lipinski definition) is 0. The van der Waals surface area contributed by atoms with Crippen LogP contribution in [-0.2, 0) is 7.05 Å². The quantitative estimate of drug-likeness (QED) is 0.0961. The van der Waals surface area contributed by atoms with Gasteiger partial charge in [0.25, 0.3) is 11.1 Å². The Kier molecular flexibility index (Phi) is 30.0. The molecule has 11 rings (SSSR count). The third-order valence-electron chi connectivity index (χ3n) is 10.1. The van der Waals surface area contributed by atoms with Gasteiger partial charge in [0.1, 0.15) is 10.8 Å². The fourth-order valence-corrected chi connectivity index (χ4v) is 8.00. The van der Waals surface area contributed by atoms with E-state index in [0.29, 0.717) is 46.9 Å². The summed E-state index contributed by atoms with van der Waals surface area (Å²) in [7, 11) is 15.9. The molecule has 0 amide bonds. The number of benzene rings is 3. The van der Waals surface area contributed by atoms with Crippen molar-refractivity contribution in [3.8, 4) is 52.1 Å². The van der Waals surface area contributed by atoms with Crippen LogP contribution in [0.5, 0.6) is 52.1 Å². The molecule has 0 bridgehead atoms. The van der Waals surface area contributed by atoms with Gasteiger partial charge >= 0.3 is 0 Å². The van der Waals surface area contributed by atoms with Crippen molar-refractivity contribution in [1.29, 1.82) is 0 Å². The van der Waals surface area contributed by atoms with E-state index in [1.807, 2.05) is 113 Å². The van der Waals surface area contributed by atoms with E-state index in [9.17, 15) is 0 Å². The lowest BCUT2D eigenvalue weighted by Gasteiger charge is -2.01. The molecule has 0 N–H and O–H groups in total. The van der Waals surface area contributed by atoms with Crippen molar-refractivity contribution in [3.05, 3.63) is 165 Å². The maximum absolute atomic E-state index is 5.53. The summed E-state index contributed by atoms with van der Waals surface area (Å²) >= 11 is 29.0. The van der Waals surface area contributed by atoms with Crippen molar-refractivity contribution in [1.82, 2.24) is 69.6 Å². The van der Waals surface area contributed by atoms with Crippen LogP contribution in [0.25, 0.3) is 32.2 Å². The average molecular weight is 1280 g/mol. The summed E-state index contributed by atoms with van der Waals surface area (Å²) in [4.78, 5) is 46.8. The zero-order valence-corrected chi connectivity index (χ0v) is 52.9. The first kappa shape index (κ1) is 69.0. The number of hydrogen-bond acceptors (Lipinski definition) is 23. The number of nitrogens with zero attached hydrogens (tertiary/aromatic N) is 14. The number of aromatic nitrogens is 14. The molecule has 11 aromatic rings. The molecular formula is C56H59Cl5N14O9S. The summed E-state index contributed by atoms with van der Waals surface area (Å²) in [5, 5.41) is 6.98. The van der Waals surface area contributed by atoms with Gasteiger partial charge in [-0.3, -0.25) is 0 Å². The lowest BCUT2D eigenvalue weighted by atomic mass is 10.2. The summed E-state index contributed by atoms with van der Waals surface area (Å²) < 4.78 is 47.2. The molecule has 8 heterocycles. The average Bonchev–Trinajstić information content (AvgIpc) is 4.31. The van der Waals surface area contributed by atoms with E-state index < -0.39 is 0 Å². The Balaban J connectivity index is 0.000000209. The van der Waals surface area contributed by atoms with Gasteiger partial charge in [0.05, 0.1) is 97.0 Å². The number of methoxy groups -OCH3 is 9. The Morgan fingerprint density at radius 3 is 1.54 bits per heavy atom. The van der Waals surface area contributed by atoms with Crippen molar-refractivity contribution in [2.45, 2.75) is 20.8 Å². The molecule has 85 heavy (non-hydrogen) atoms. The second-order valence-electron chi connectivity index (χ2n) is 15.9. The second kappa shape index (κ2) is 36.9. The van der Waals surface area contributed by atoms with E-state index in [-0.39, 0.29) is 26.3 Å². The molecule has 8 aromatic heterocycles. The zero-order valence-electron chi connectivity index (χ0n) is 48.3. The molecule has 0 atom stereocenters. The monoisotopic (exact) mass is 1280 g/mol. The van der Waals surface area contributed by atoms with Crippen molar-refractivity contribution < 1.29 is 42.6 Å². The highest BCUT2D eigenvalue weighted by molar-refractivity contribution is 7.20. The number of rotatable bonds is 9. The highest BCUT2D eigenvalue weighted by Gasteiger charge is 2.13. The maximum Gasteiger partial charge on any atom is 0.274 e. The van der Waals surface area contributed by atoms with E-state index in [0.717, 1.165) is 49.6 Å². The van der Waals surface area contributed by atoms with Crippen LogP contribution in [0.1, 0.15) is 17.0 Å². The van der Waals surface area contributed by atoms with Crippen LogP contribution >= 0.6 is 69.3 Å². The predicted molar refractivity (Wildman–Crippen MR) is 330 cm³/mol. The predicted octanol–water partition coefficient (Wildman–Crippen LogP) is 12.8. The molecule has 0 aliphatic heterocycles. The molecule has 29 heteroatoms. The number of thiazole rings is 1. The van der Waals surface area contributed by atoms with Crippen molar-refractivity contribution in [3.63, 3.8) is 0 Å². The standard InChI is InChI=1S/C10H9NO.C9H8N2O.C8H7NOS.C7H12N2O2.2C6H7ClN2O.C5H4Cl2N2O.C5H5ClN2O/c1-12-10-7-6-8-4-2-3-5-9(8)11-10;1-12-9-6-10-7-4-2-3-5-8(7)11-9;1-10-8-9-6-4-2-3-5-7(6)11-8;1-5-6(10-3)7(11-4)9(2)8-5;1-4-3-8-6(7)9-5(4)10-2;1-4-3-5(10-2)9-6(7)8-4;1-10-4-2-3(6)8-5(7)9-4;1-9-4-2-3-7-5(6)8-4/h2-7H,1H3;2-6H,1H3;2-5H,1H3;1-4H3;2*3H,1-2H3;2H,1H3;2-3H,1H3. The Labute approximate surface area is 519 Å². The third-order valence-corrected chi connectivity index (χ3v) is 12.0. The van der Waals surface area contributed by atoms with Gasteiger partial charge < -0.3 is 42.6 Å². The summed E-state index contributed by atoms with van der Waals surface area (Å²) in [6.45, 7) is 5.56. The third kappa shape index (κ3) is 23.6. The lowest BCUT2D eigenvalue weighted by Crippen LogP contribution is -1.95. The maximum atomic E-state index is 5.53. The van der Waals surface area contributed by atoms with Crippen LogP contribution in [-0.4, -0.2) is 134 Å². The van der Waals surface area contributed by atoms with Crippen LogP contribution in [0.3, 0.4) is 0 Å². The van der Waals surface area contributed by atoms with Crippen LogP contribution in [0, 0.1) is 20.8 Å². The Bertz CT molecular complexity index is 3570. The van der Waals surface area contributed by atoms with Gasteiger partial charge in [-0.2, -0.15) is 25.0 Å². The molecule has 0 spiro atoms. The smallest absolute Gasteiger partial charge is 0.274 e. The minimum atomic E-state index is 0.0874. The van der Waals surface area contributed by atoms with Crippen LogP contribution in [0.15, 0.2) is 122 Å². The Hall–Kier alpha value is -8.52. The normalized spacial score (nSPS) is 9.76. The molecule has 448 valence electrons. The summed E-state index contributed by atoms with van der Waals surface area (Å²) in [6, 6.07) is 32.3. The largest absolute Gasteiger partial charge is 0.490 e. The van der Waals surface area contributed by atoms with Crippen LogP contribution in [0.2, 0.25) is 26.3 Å². The number of halogens is 5. The summed E-state index contributed by atoms with van der Waals surface area (Å²) in [5.74, 6) is 4.44. The molecule has 0 saturated carbocycles. The fraction of sp³-hybridized carbons (Fsp3) is 0.232. The Morgan fingerprint density at radius 2 is 0.988 bits per heavy atom.